The van der Waals surface area contributed by atoms with E-state index in [4.69, 9.17) is 9.47 Å². The second-order valence-electron chi connectivity index (χ2n) is 8.50. The predicted octanol–water partition coefficient (Wildman–Crippen LogP) is 3.57. The molecule has 3 aromatic rings. The summed E-state index contributed by atoms with van der Waals surface area (Å²) in [5, 5.41) is 7.80. The van der Waals surface area contributed by atoms with Crippen molar-refractivity contribution in [3.05, 3.63) is 29.8 Å². The van der Waals surface area contributed by atoms with E-state index in [0.717, 1.165) is 12.8 Å². The standard InChI is InChI=1S/C21H20F4N6O3/c1-10(32)27-15-5-13-12(7-26-15)18(11-3-4-11)30-31(13)16-6-17(29-19(28-16)20(2,22)23)34-14-8-33-9-21(14,24)25/h5-7,11,14H,3-4,8-9H2,1-2H3,(H,26,27,32). The molecule has 1 aliphatic carbocycles. The predicted molar refractivity (Wildman–Crippen MR) is 110 cm³/mol. The number of carbonyl (C=O) groups is 1. The number of anilines is 1. The molecule has 1 atom stereocenters. The topological polar surface area (TPSA) is 104 Å². The molecule has 34 heavy (non-hydrogen) atoms. The number of fused-ring (bicyclic) bond motifs is 1. The lowest BCUT2D eigenvalue weighted by molar-refractivity contribution is -0.114. The maximum Gasteiger partial charge on any atom is 0.309 e. The van der Waals surface area contributed by atoms with Gasteiger partial charge in [-0.2, -0.15) is 27.6 Å². The van der Waals surface area contributed by atoms with Crippen LogP contribution >= 0.6 is 0 Å². The summed E-state index contributed by atoms with van der Waals surface area (Å²) >= 11 is 0. The first kappa shape index (κ1) is 22.4. The molecule has 2 fully saturated rings. The van der Waals surface area contributed by atoms with Gasteiger partial charge in [-0.05, 0) is 12.8 Å². The maximum atomic E-state index is 14.2. The van der Waals surface area contributed by atoms with E-state index in [9.17, 15) is 22.4 Å². The van der Waals surface area contributed by atoms with Crippen LogP contribution in [0.2, 0.25) is 0 Å². The fourth-order valence-corrected chi connectivity index (χ4v) is 3.68. The Morgan fingerprint density at radius 1 is 1.29 bits per heavy atom. The van der Waals surface area contributed by atoms with Crippen LogP contribution in [0.5, 0.6) is 5.88 Å². The Labute approximate surface area is 190 Å². The SMILES string of the molecule is CC(=O)Nc1cc2c(cn1)c(C1CC1)nn2-c1cc(OC2COCC2(F)F)nc(C(C)(F)F)n1. The van der Waals surface area contributed by atoms with Crippen molar-refractivity contribution in [1.29, 1.82) is 0 Å². The summed E-state index contributed by atoms with van der Waals surface area (Å²) in [7, 11) is 0. The van der Waals surface area contributed by atoms with Crippen LogP contribution in [0.15, 0.2) is 18.3 Å². The van der Waals surface area contributed by atoms with Gasteiger partial charge >= 0.3 is 11.8 Å². The lowest BCUT2D eigenvalue weighted by Crippen LogP contribution is -2.37. The van der Waals surface area contributed by atoms with E-state index >= 15 is 0 Å². The second-order valence-corrected chi connectivity index (χ2v) is 8.50. The van der Waals surface area contributed by atoms with Gasteiger partial charge in [0.2, 0.25) is 17.6 Å². The maximum absolute atomic E-state index is 14.2. The van der Waals surface area contributed by atoms with Crippen molar-refractivity contribution in [2.45, 2.75) is 50.6 Å². The van der Waals surface area contributed by atoms with Crippen LogP contribution in [0, 0.1) is 0 Å². The molecule has 0 aromatic carbocycles. The molecule has 13 heteroatoms. The zero-order valence-corrected chi connectivity index (χ0v) is 18.2. The molecule has 2 aliphatic rings. The normalized spacial score (nSPS) is 20.0. The number of amides is 1. The van der Waals surface area contributed by atoms with Crippen LogP contribution in [-0.2, 0) is 15.5 Å². The van der Waals surface area contributed by atoms with Gasteiger partial charge in [0.25, 0.3) is 0 Å². The van der Waals surface area contributed by atoms with Crippen molar-refractivity contribution in [3.63, 3.8) is 0 Å². The van der Waals surface area contributed by atoms with Crippen LogP contribution in [-0.4, -0.2) is 55.9 Å². The molecule has 1 N–H and O–H groups in total. The number of hydrogen-bond acceptors (Lipinski definition) is 7. The molecular formula is C21H20F4N6O3. The first-order valence-corrected chi connectivity index (χ1v) is 10.6. The molecule has 0 bridgehead atoms. The molecule has 5 rings (SSSR count). The Kier molecular flexibility index (Phi) is 5.19. The van der Waals surface area contributed by atoms with Crippen molar-refractivity contribution >= 4 is 22.6 Å². The minimum absolute atomic E-state index is 0.0966. The highest BCUT2D eigenvalue weighted by atomic mass is 19.3. The van der Waals surface area contributed by atoms with Crippen LogP contribution in [0.3, 0.4) is 0 Å². The van der Waals surface area contributed by atoms with Gasteiger partial charge in [-0.3, -0.25) is 4.79 Å². The summed E-state index contributed by atoms with van der Waals surface area (Å²) in [5.41, 5.74) is 1.16. The van der Waals surface area contributed by atoms with Gasteiger partial charge in [-0.25, -0.2) is 14.6 Å². The van der Waals surface area contributed by atoms with Crippen molar-refractivity contribution in [2.75, 3.05) is 18.5 Å². The number of carbonyl (C=O) groups excluding carboxylic acids is 1. The number of nitrogens with one attached hydrogen (secondary N) is 1. The number of rotatable bonds is 6. The van der Waals surface area contributed by atoms with E-state index < -0.39 is 42.9 Å². The number of hydrogen-bond donors (Lipinski definition) is 1. The number of ether oxygens (including phenoxy) is 2. The smallest absolute Gasteiger partial charge is 0.309 e. The Bertz CT molecular complexity index is 1270. The zero-order chi connectivity index (χ0) is 24.3. The lowest BCUT2D eigenvalue weighted by atomic mass is 10.2. The van der Waals surface area contributed by atoms with Gasteiger partial charge in [0.15, 0.2) is 11.9 Å². The average molecular weight is 480 g/mol. The minimum atomic E-state index is -3.48. The Balaban J connectivity index is 1.64. The van der Waals surface area contributed by atoms with Crippen molar-refractivity contribution in [1.82, 2.24) is 24.7 Å². The lowest BCUT2D eigenvalue weighted by Gasteiger charge is -2.19. The van der Waals surface area contributed by atoms with Crippen molar-refractivity contribution in [3.8, 4) is 11.7 Å². The third kappa shape index (κ3) is 4.27. The van der Waals surface area contributed by atoms with Gasteiger partial charge in [0.1, 0.15) is 12.4 Å². The van der Waals surface area contributed by atoms with E-state index in [1.165, 1.54) is 17.7 Å². The molecule has 1 amide bonds. The summed E-state index contributed by atoms with van der Waals surface area (Å²) < 4.78 is 67.8. The van der Waals surface area contributed by atoms with Crippen LogP contribution in [0.1, 0.15) is 44.1 Å². The first-order chi connectivity index (χ1) is 16.0. The quantitative estimate of drug-likeness (QED) is 0.538. The van der Waals surface area contributed by atoms with E-state index in [1.54, 1.807) is 12.3 Å². The van der Waals surface area contributed by atoms with Crippen LogP contribution in [0.25, 0.3) is 16.7 Å². The van der Waals surface area contributed by atoms with Gasteiger partial charge in [0, 0.05) is 43.5 Å². The van der Waals surface area contributed by atoms with E-state index in [1.807, 2.05) is 0 Å². The Hall–Kier alpha value is -3.35. The molecular weight excluding hydrogens is 460 g/mol. The number of alkyl halides is 4. The summed E-state index contributed by atoms with van der Waals surface area (Å²) in [6.45, 7) is 0.677. The fraction of sp³-hybridized carbons (Fsp3) is 0.476. The third-order valence-corrected chi connectivity index (χ3v) is 5.46. The third-order valence-electron chi connectivity index (χ3n) is 5.46. The molecule has 180 valence electrons. The Morgan fingerprint density at radius 3 is 2.68 bits per heavy atom. The molecule has 1 saturated carbocycles. The zero-order valence-electron chi connectivity index (χ0n) is 18.2. The first-order valence-electron chi connectivity index (χ1n) is 10.6. The molecule has 1 unspecified atom stereocenters. The molecule has 0 radical (unpaired) electrons. The highest BCUT2D eigenvalue weighted by molar-refractivity contribution is 5.91. The largest absolute Gasteiger partial charge is 0.465 e. The number of aromatic nitrogens is 5. The van der Waals surface area contributed by atoms with Crippen molar-refractivity contribution < 1.29 is 31.8 Å². The summed E-state index contributed by atoms with van der Waals surface area (Å²) in [6.07, 6.45) is 1.68. The van der Waals surface area contributed by atoms with E-state index in [0.29, 0.717) is 23.5 Å². The Morgan fingerprint density at radius 2 is 2.06 bits per heavy atom. The highest BCUT2D eigenvalue weighted by Gasteiger charge is 2.48. The van der Waals surface area contributed by atoms with Gasteiger partial charge in [0.05, 0.1) is 17.8 Å². The molecule has 1 saturated heterocycles. The number of nitrogens with zero attached hydrogens (tertiary/aromatic N) is 5. The monoisotopic (exact) mass is 480 g/mol. The van der Waals surface area contributed by atoms with E-state index in [2.05, 4.69) is 25.4 Å². The van der Waals surface area contributed by atoms with Crippen molar-refractivity contribution in [2.24, 2.45) is 0 Å². The molecule has 4 heterocycles. The summed E-state index contributed by atoms with van der Waals surface area (Å²) in [5.74, 6) is -8.16. The minimum Gasteiger partial charge on any atom is -0.465 e. The second kappa shape index (κ2) is 7.86. The van der Waals surface area contributed by atoms with Crippen LogP contribution < -0.4 is 10.1 Å². The fourth-order valence-electron chi connectivity index (χ4n) is 3.68. The highest BCUT2D eigenvalue weighted by Crippen LogP contribution is 2.43. The molecule has 9 nitrogen and oxygen atoms in total. The van der Waals surface area contributed by atoms with Gasteiger partial charge in [-0.15, -0.1) is 0 Å². The molecule has 1 aliphatic heterocycles. The molecule has 0 spiro atoms. The van der Waals surface area contributed by atoms with Crippen LogP contribution in [0.4, 0.5) is 23.4 Å². The van der Waals surface area contributed by atoms with Gasteiger partial charge in [-0.1, -0.05) is 0 Å². The van der Waals surface area contributed by atoms with E-state index in [-0.39, 0.29) is 23.5 Å². The number of pyridine rings is 1. The number of halogens is 4. The van der Waals surface area contributed by atoms with Gasteiger partial charge < -0.3 is 14.8 Å². The summed E-state index contributed by atoms with van der Waals surface area (Å²) in [4.78, 5) is 23.3. The molecule has 3 aromatic heterocycles. The summed E-state index contributed by atoms with van der Waals surface area (Å²) in [6, 6.07) is 2.71. The average Bonchev–Trinajstić information content (AvgIpc) is 3.44.